The first-order chi connectivity index (χ1) is 10.6. The predicted octanol–water partition coefficient (Wildman–Crippen LogP) is 4.68. The van der Waals surface area contributed by atoms with E-state index in [-0.39, 0.29) is 11.0 Å². The Balaban J connectivity index is 1.76. The summed E-state index contributed by atoms with van der Waals surface area (Å²) >= 11 is 12.8. The van der Waals surface area contributed by atoms with Gasteiger partial charge in [0.1, 0.15) is 4.88 Å². The molecule has 0 spiro atoms. The molecule has 2 aromatic carbocycles. The zero-order valence-corrected chi connectivity index (χ0v) is 13.7. The first-order valence-corrected chi connectivity index (χ1v) is 8.10. The lowest BCUT2D eigenvalue weighted by Gasteiger charge is -2.08. The molecular formula is C16H11ClN2OS2. The fourth-order valence-corrected chi connectivity index (χ4v) is 3.63. The molecule has 0 aliphatic carbocycles. The van der Waals surface area contributed by atoms with Crippen LogP contribution in [0.15, 0.2) is 54.6 Å². The normalized spacial score (nSPS) is 10.4. The Morgan fingerprint density at radius 2 is 1.73 bits per heavy atom. The highest BCUT2D eigenvalue weighted by molar-refractivity contribution is 7.80. The molecule has 0 aliphatic heterocycles. The van der Waals surface area contributed by atoms with E-state index in [9.17, 15) is 4.79 Å². The minimum atomic E-state index is -0.306. The number of nitrogens with one attached hydrogen (secondary N) is 2. The van der Waals surface area contributed by atoms with Crippen LogP contribution in [0, 0.1) is 0 Å². The quantitative estimate of drug-likeness (QED) is 0.662. The summed E-state index contributed by atoms with van der Waals surface area (Å²) in [6.07, 6.45) is 0. The lowest BCUT2D eigenvalue weighted by molar-refractivity contribution is 0.0982. The maximum absolute atomic E-state index is 12.3. The standard InChI is InChI=1S/C16H11ClN2OS2/c17-13-11-8-4-5-9-12(11)22-14(13)15(20)19-16(21)18-10-6-2-1-3-7-10/h1-9H,(H2,18,19,20,21). The van der Waals surface area contributed by atoms with Gasteiger partial charge < -0.3 is 5.32 Å². The summed E-state index contributed by atoms with van der Waals surface area (Å²) in [5.41, 5.74) is 0.815. The van der Waals surface area contributed by atoms with Crippen molar-refractivity contribution in [3.63, 3.8) is 0 Å². The van der Waals surface area contributed by atoms with E-state index in [2.05, 4.69) is 10.6 Å². The smallest absolute Gasteiger partial charge is 0.269 e. The van der Waals surface area contributed by atoms with Gasteiger partial charge in [-0.15, -0.1) is 11.3 Å². The largest absolute Gasteiger partial charge is 0.332 e. The summed E-state index contributed by atoms with van der Waals surface area (Å²) in [6, 6.07) is 17.0. The van der Waals surface area contributed by atoms with Crippen LogP contribution >= 0.6 is 35.2 Å². The van der Waals surface area contributed by atoms with Gasteiger partial charge in [-0.2, -0.15) is 0 Å². The second-order valence-corrected chi connectivity index (χ2v) is 6.35. The number of benzene rings is 2. The van der Waals surface area contributed by atoms with E-state index in [0.717, 1.165) is 15.8 Å². The predicted molar refractivity (Wildman–Crippen MR) is 97.0 cm³/mol. The molecule has 3 nitrogen and oxygen atoms in total. The summed E-state index contributed by atoms with van der Waals surface area (Å²) in [5.74, 6) is -0.306. The first-order valence-electron chi connectivity index (χ1n) is 6.49. The van der Waals surface area contributed by atoms with Gasteiger partial charge in [0.05, 0.1) is 5.02 Å². The van der Waals surface area contributed by atoms with E-state index >= 15 is 0 Å². The summed E-state index contributed by atoms with van der Waals surface area (Å²) in [6.45, 7) is 0. The van der Waals surface area contributed by atoms with E-state index in [4.69, 9.17) is 23.8 Å². The Morgan fingerprint density at radius 1 is 1.05 bits per heavy atom. The fraction of sp³-hybridized carbons (Fsp3) is 0. The van der Waals surface area contributed by atoms with Crippen molar-refractivity contribution in [3.05, 3.63) is 64.5 Å². The fourth-order valence-electron chi connectivity index (χ4n) is 2.00. The van der Waals surface area contributed by atoms with E-state index in [1.54, 1.807) is 0 Å². The molecule has 6 heteroatoms. The molecule has 1 aromatic heterocycles. The van der Waals surface area contributed by atoms with E-state index in [0.29, 0.717) is 9.90 Å². The summed E-state index contributed by atoms with van der Waals surface area (Å²) in [4.78, 5) is 12.8. The van der Waals surface area contributed by atoms with Gasteiger partial charge in [-0.05, 0) is 30.4 Å². The monoisotopic (exact) mass is 346 g/mol. The maximum Gasteiger partial charge on any atom is 0.269 e. The molecule has 0 atom stereocenters. The van der Waals surface area contributed by atoms with Crippen LogP contribution in [0.3, 0.4) is 0 Å². The minimum Gasteiger partial charge on any atom is -0.332 e. The van der Waals surface area contributed by atoms with Crippen molar-refractivity contribution < 1.29 is 4.79 Å². The van der Waals surface area contributed by atoms with Gasteiger partial charge in [0.2, 0.25) is 0 Å². The molecule has 0 aliphatic rings. The maximum atomic E-state index is 12.3. The molecule has 1 heterocycles. The number of amides is 1. The van der Waals surface area contributed by atoms with Crippen molar-refractivity contribution in [2.75, 3.05) is 5.32 Å². The molecule has 3 aromatic rings. The van der Waals surface area contributed by atoms with Crippen molar-refractivity contribution in [3.8, 4) is 0 Å². The van der Waals surface area contributed by atoms with Crippen molar-refractivity contribution in [1.29, 1.82) is 0 Å². The third-order valence-electron chi connectivity index (χ3n) is 3.00. The second kappa shape index (κ2) is 6.44. The molecule has 0 saturated carbocycles. The van der Waals surface area contributed by atoms with E-state index in [1.807, 2.05) is 54.6 Å². The molecule has 110 valence electrons. The van der Waals surface area contributed by atoms with Gasteiger partial charge in [-0.25, -0.2) is 0 Å². The molecule has 0 saturated heterocycles. The summed E-state index contributed by atoms with van der Waals surface area (Å²) in [7, 11) is 0. The van der Waals surface area contributed by atoms with Crippen LogP contribution in [0.1, 0.15) is 9.67 Å². The Labute approximate surface area is 141 Å². The number of rotatable bonds is 2. The second-order valence-electron chi connectivity index (χ2n) is 4.52. The summed E-state index contributed by atoms with van der Waals surface area (Å²) in [5, 5.41) is 7.19. The highest BCUT2D eigenvalue weighted by Crippen LogP contribution is 2.34. The lowest BCUT2D eigenvalue weighted by atomic mass is 10.2. The van der Waals surface area contributed by atoms with Crippen LogP contribution in [0.5, 0.6) is 0 Å². The molecule has 0 unspecified atom stereocenters. The van der Waals surface area contributed by atoms with Gasteiger partial charge in [-0.3, -0.25) is 10.1 Å². The minimum absolute atomic E-state index is 0.240. The molecule has 0 radical (unpaired) electrons. The third-order valence-corrected chi connectivity index (χ3v) is 4.88. The van der Waals surface area contributed by atoms with Crippen molar-refractivity contribution >= 4 is 61.9 Å². The van der Waals surface area contributed by atoms with Gasteiger partial charge in [0.25, 0.3) is 5.91 Å². The molecular weight excluding hydrogens is 336 g/mol. The Hall–Kier alpha value is -1.95. The topological polar surface area (TPSA) is 41.1 Å². The Morgan fingerprint density at radius 3 is 2.45 bits per heavy atom. The zero-order valence-electron chi connectivity index (χ0n) is 11.3. The molecule has 2 N–H and O–H groups in total. The number of carbonyl (C=O) groups excluding carboxylic acids is 1. The van der Waals surface area contributed by atoms with Gasteiger partial charge in [-0.1, -0.05) is 48.0 Å². The SMILES string of the molecule is O=C(NC(=S)Nc1ccccc1)c1sc2ccccc2c1Cl. The van der Waals surface area contributed by atoms with E-state index < -0.39 is 0 Å². The lowest BCUT2D eigenvalue weighted by Crippen LogP contribution is -2.33. The highest BCUT2D eigenvalue weighted by Gasteiger charge is 2.17. The number of fused-ring (bicyclic) bond motifs is 1. The average Bonchev–Trinajstić information content (AvgIpc) is 2.86. The van der Waals surface area contributed by atoms with Crippen LogP contribution in [0.4, 0.5) is 5.69 Å². The summed E-state index contributed by atoms with van der Waals surface area (Å²) < 4.78 is 0.972. The number of anilines is 1. The van der Waals surface area contributed by atoms with Gasteiger partial charge in [0.15, 0.2) is 5.11 Å². The van der Waals surface area contributed by atoms with Gasteiger partial charge >= 0.3 is 0 Å². The van der Waals surface area contributed by atoms with Crippen LogP contribution in [0.2, 0.25) is 5.02 Å². The van der Waals surface area contributed by atoms with Gasteiger partial charge in [0, 0.05) is 15.8 Å². The number of carbonyl (C=O) groups is 1. The molecule has 1 amide bonds. The number of hydrogen-bond donors (Lipinski definition) is 2. The number of hydrogen-bond acceptors (Lipinski definition) is 3. The highest BCUT2D eigenvalue weighted by atomic mass is 35.5. The van der Waals surface area contributed by atoms with Crippen LogP contribution in [0.25, 0.3) is 10.1 Å². The van der Waals surface area contributed by atoms with Crippen LogP contribution in [-0.2, 0) is 0 Å². The number of para-hydroxylation sites is 1. The first kappa shape index (κ1) is 15.0. The number of halogens is 1. The molecule has 0 bridgehead atoms. The third kappa shape index (κ3) is 3.11. The zero-order chi connectivity index (χ0) is 15.5. The number of thiophene rings is 1. The van der Waals surface area contributed by atoms with Crippen molar-refractivity contribution in [1.82, 2.24) is 5.32 Å². The molecule has 0 fully saturated rings. The average molecular weight is 347 g/mol. The van der Waals surface area contributed by atoms with Crippen molar-refractivity contribution in [2.45, 2.75) is 0 Å². The Bertz CT molecular complexity index is 846. The molecule has 3 rings (SSSR count). The Kier molecular flexibility index (Phi) is 4.38. The van der Waals surface area contributed by atoms with Crippen molar-refractivity contribution in [2.24, 2.45) is 0 Å². The van der Waals surface area contributed by atoms with Crippen LogP contribution in [-0.4, -0.2) is 11.0 Å². The van der Waals surface area contributed by atoms with Crippen LogP contribution < -0.4 is 10.6 Å². The number of thiocarbonyl (C=S) groups is 1. The molecule has 22 heavy (non-hydrogen) atoms. The van der Waals surface area contributed by atoms with E-state index in [1.165, 1.54) is 11.3 Å².